The molecule has 6 heteroatoms. The fraction of sp³-hybridized carbons (Fsp3) is 0. The molecule has 0 unspecified atom stereocenters. The number of hydrogen-bond donors (Lipinski definition) is 2. The van der Waals surface area contributed by atoms with E-state index in [1.165, 1.54) is 6.20 Å². The number of benzene rings is 2. The molecule has 0 spiro atoms. The van der Waals surface area contributed by atoms with Crippen molar-refractivity contribution in [3.05, 3.63) is 83.0 Å². The van der Waals surface area contributed by atoms with E-state index in [0.717, 1.165) is 16.0 Å². The maximum atomic E-state index is 12.2. The third-order valence-corrected chi connectivity index (χ3v) is 4.09. The summed E-state index contributed by atoms with van der Waals surface area (Å²) in [6.07, 6.45) is 2.38. The minimum absolute atomic E-state index is 0.157. The average Bonchev–Trinajstić information content (AvgIpc) is 2.58. The third kappa shape index (κ3) is 3.87. The molecule has 0 bridgehead atoms. The van der Waals surface area contributed by atoms with Gasteiger partial charge in [0.25, 0.3) is 11.5 Å². The van der Waals surface area contributed by atoms with Gasteiger partial charge in [-0.2, -0.15) is 0 Å². The SMILES string of the molecule is O=C(Nc1ccccc1Sc1ccccc1)c1c[nH]c(=O)cn1. The molecule has 2 aromatic carbocycles. The van der Waals surface area contributed by atoms with Crippen LogP contribution in [-0.4, -0.2) is 15.9 Å². The molecule has 1 heterocycles. The second-order valence-corrected chi connectivity index (χ2v) is 5.78. The Morgan fingerprint density at radius 1 is 1.04 bits per heavy atom. The van der Waals surface area contributed by atoms with Crippen LogP contribution in [0, 0.1) is 0 Å². The molecule has 114 valence electrons. The molecule has 0 aliphatic rings. The van der Waals surface area contributed by atoms with Crippen LogP contribution in [0.1, 0.15) is 10.5 Å². The lowest BCUT2D eigenvalue weighted by molar-refractivity contribution is 0.102. The van der Waals surface area contributed by atoms with Crippen LogP contribution in [0.25, 0.3) is 0 Å². The monoisotopic (exact) mass is 323 g/mol. The standard InChI is InChI=1S/C17H13N3O2S/c21-16-11-18-14(10-19-16)17(22)20-13-8-4-5-9-15(13)23-12-6-2-1-3-7-12/h1-11H,(H,19,21)(H,20,22). The van der Waals surface area contributed by atoms with E-state index >= 15 is 0 Å². The Hall–Kier alpha value is -2.86. The van der Waals surface area contributed by atoms with Crippen molar-refractivity contribution in [3.63, 3.8) is 0 Å². The maximum Gasteiger partial charge on any atom is 0.275 e. The zero-order valence-electron chi connectivity index (χ0n) is 12.0. The molecule has 0 saturated heterocycles. The van der Waals surface area contributed by atoms with Gasteiger partial charge in [-0.3, -0.25) is 9.59 Å². The van der Waals surface area contributed by atoms with Crippen LogP contribution in [0.4, 0.5) is 5.69 Å². The molecular formula is C17H13N3O2S. The van der Waals surface area contributed by atoms with Gasteiger partial charge < -0.3 is 10.3 Å². The van der Waals surface area contributed by atoms with Gasteiger partial charge in [-0.15, -0.1) is 0 Å². The highest BCUT2D eigenvalue weighted by Gasteiger charge is 2.11. The predicted molar refractivity (Wildman–Crippen MR) is 89.8 cm³/mol. The number of carbonyl (C=O) groups excluding carboxylic acids is 1. The van der Waals surface area contributed by atoms with Crippen molar-refractivity contribution in [2.45, 2.75) is 9.79 Å². The van der Waals surface area contributed by atoms with E-state index in [0.29, 0.717) is 5.69 Å². The van der Waals surface area contributed by atoms with Crippen LogP contribution in [0.5, 0.6) is 0 Å². The second-order valence-electron chi connectivity index (χ2n) is 4.66. The van der Waals surface area contributed by atoms with E-state index in [9.17, 15) is 9.59 Å². The van der Waals surface area contributed by atoms with Crippen molar-refractivity contribution in [1.82, 2.24) is 9.97 Å². The fourth-order valence-corrected chi connectivity index (χ4v) is 2.85. The van der Waals surface area contributed by atoms with Crippen LogP contribution in [0.2, 0.25) is 0 Å². The molecule has 0 saturated carbocycles. The Balaban J connectivity index is 1.81. The number of aromatic nitrogens is 2. The lowest BCUT2D eigenvalue weighted by Gasteiger charge is -2.10. The number of para-hydroxylation sites is 1. The van der Waals surface area contributed by atoms with E-state index in [1.54, 1.807) is 11.8 Å². The highest BCUT2D eigenvalue weighted by Crippen LogP contribution is 2.33. The van der Waals surface area contributed by atoms with Crippen LogP contribution >= 0.6 is 11.8 Å². The molecule has 2 N–H and O–H groups in total. The number of rotatable bonds is 4. The molecule has 0 atom stereocenters. The number of nitrogens with one attached hydrogen (secondary N) is 2. The minimum Gasteiger partial charge on any atom is -0.325 e. The molecule has 1 amide bonds. The van der Waals surface area contributed by atoms with Gasteiger partial charge in [-0.25, -0.2) is 4.98 Å². The number of amides is 1. The lowest BCUT2D eigenvalue weighted by Crippen LogP contribution is -2.17. The molecule has 5 nitrogen and oxygen atoms in total. The molecule has 3 aromatic rings. The second kappa shape index (κ2) is 6.93. The van der Waals surface area contributed by atoms with E-state index < -0.39 is 0 Å². The summed E-state index contributed by atoms with van der Waals surface area (Å²) in [4.78, 5) is 31.5. The van der Waals surface area contributed by atoms with Gasteiger partial charge in [0.15, 0.2) is 0 Å². The fourth-order valence-electron chi connectivity index (χ4n) is 1.93. The van der Waals surface area contributed by atoms with Crippen molar-refractivity contribution >= 4 is 23.4 Å². The highest BCUT2D eigenvalue weighted by atomic mass is 32.2. The molecule has 0 aliphatic heterocycles. The number of anilines is 1. The maximum absolute atomic E-state index is 12.2. The lowest BCUT2D eigenvalue weighted by atomic mass is 10.3. The van der Waals surface area contributed by atoms with Crippen LogP contribution in [0.3, 0.4) is 0 Å². The molecule has 3 rings (SSSR count). The number of aromatic amines is 1. The number of H-pyrrole nitrogens is 1. The number of hydrogen-bond acceptors (Lipinski definition) is 4. The largest absolute Gasteiger partial charge is 0.325 e. The van der Waals surface area contributed by atoms with Crippen LogP contribution in [-0.2, 0) is 0 Å². The molecule has 0 fully saturated rings. The van der Waals surface area contributed by atoms with E-state index in [2.05, 4.69) is 15.3 Å². The highest BCUT2D eigenvalue weighted by molar-refractivity contribution is 7.99. The van der Waals surface area contributed by atoms with E-state index in [1.807, 2.05) is 54.6 Å². The Labute approximate surface area is 136 Å². The summed E-state index contributed by atoms with van der Waals surface area (Å²) in [6.45, 7) is 0. The van der Waals surface area contributed by atoms with Gasteiger partial charge in [0, 0.05) is 16.0 Å². The topological polar surface area (TPSA) is 74.8 Å². The Bertz CT molecular complexity index is 858. The molecule has 23 heavy (non-hydrogen) atoms. The van der Waals surface area contributed by atoms with Crippen LogP contribution in [0.15, 0.2) is 81.6 Å². The van der Waals surface area contributed by atoms with E-state index in [4.69, 9.17) is 0 Å². The van der Waals surface area contributed by atoms with Crippen molar-refractivity contribution in [2.75, 3.05) is 5.32 Å². The Kier molecular flexibility index (Phi) is 4.54. The quantitative estimate of drug-likeness (QED) is 0.773. The Morgan fingerprint density at radius 2 is 1.78 bits per heavy atom. The summed E-state index contributed by atoms with van der Waals surface area (Å²) in [7, 11) is 0. The molecule has 0 aliphatic carbocycles. The van der Waals surface area contributed by atoms with E-state index in [-0.39, 0.29) is 17.2 Å². The zero-order chi connectivity index (χ0) is 16.1. The van der Waals surface area contributed by atoms with Gasteiger partial charge in [-0.1, -0.05) is 42.1 Å². The summed E-state index contributed by atoms with van der Waals surface area (Å²) in [5.74, 6) is -0.373. The van der Waals surface area contributed by atoms with Gasteiger partial charge in [-0.05, 0) is 24.3 Å². The molecule has 1 aromatic heterocycles. The van der Waals surface area contributed by atoms with Crippen molar-refractivity contribution < 1.29 is 4.79 Å². The number of carbonyl (C=O) groups is 1. The van der Waals surface area contributed by atoms with Crippen molar-refractivity contribution in [3.8, 4) is 0 Å². The average molecular weight is 323 g/mol. The first-order chi connectivity index (χ1) is 11.2. The van der Waals surface area contributed by atoms with Gasteiger partial charge in [0.05, 0.1) is 11.9 Å². The first-order valence-corrected chi connectivity index (χ1v) is 7.72. The Morgan fingerprint density at radius 3 is 2.52 bits per heavy atom. The van der Waals surface area contributed by atoms with Gasteiger partial charge in [0.2, 0.25) is 0 Å². The summed E-state index contributed by atoms with van der Waals surface area (Å²) < 4.78 is 0. The van der Waals surface area contributed by atoms with Gasteiger partial charge in [0.1, 0.15) is 5.69 Å². The third-order valence-electron chi connectivity index (χ3n) is 3.01. The predicted octanol–water partition coefficient (Wildman–Crippen LogP) is 3.17. The summed E-state index contributed by atoms with van der Waals surface area (Å²) >= 11 is 1.56. The smallest absolute Gasteiger partial charge is 0.275 e. The summed E-state index contributed by atoms with van der Waals surface area (Å²) in [5, 5.41) is 2.82. The zero-order valence-corrected chi connectivity index (χ0v) is 12.8. The van der Waals surface area contributed by atoms with Crippen LogP contribution < -0.4 is 10.9 Å². The number of nitrogens with zero attached hydrogens (tertiary/aromatic N) is 1. The van der Waals surface area contributed by atoms with Crippen molar-refractivity contribution in [1.29, 1.82) is 0 Å². The summed E-state index contributed by atoms with van der Waals surface area (Å²) in [6, 6.07) is 17.4. The normalized spacial score (nSPS) is 10.3. The van der Waals surface area contributed by atoms with Gasteiger partial charge >= 0.3 is 0 Å². The molecular weight excluding hydrogens is 310 g/mol. The molecule has 0 radical (unpaired) electrons. The first kappa shape index (κ1) is 15.1. The van der Waals surface area contributed by atoms with Crippen molar-refractivity contribution in [2.24, 2.45) is 0 Å². The first-order valence-electron chi connectivity index (χ1n) is 6.90. The summed E-state index contributed by atoms with van der Waals surface area (Å²) in [5.41, 5.74) is 0.505. The minimum atomic E-state index is -0.373.